The second-order valence-corrected chi connectivity index (χ2v) is 5.82. The van der Waals surface area contributed by atoms with E-state index in [1.807, 2.05) is 20.8 Å². The van der Waals surface area contributed by atoms with Gasteiger partial charge in [0.15, 0.2) is 0 Å². The molecule has 0 aliphatic heterocycles. The van der Waals surface area contributed by atoms with Crippen molar-refractivity contribution < 1.29 is 14.6 Å². The average molecular weight is 295 g/mol. The SMILES string of the molecule is CNC(=O)Nc1ccc(OCC(O)CNC(C)(C)C)cc1. The van der Waals surface area contributed by atoms with Gasteiger partial charge in [-0.25, -0.2) is 4.79 Å². The molecule has 0 radical (unpaired) electrons. The highest BCUT2D eigenvalue weighted by atomic mass is 16.5. The van der Waals surface area contributed by atoms with Crippen LogP contribution in [0.3, 0.4) is 0 Å². The number of urea groups is 1. The van der Waals surface area contributed by atoms with Gasteiger partial charge in [-0.15, -0.1) is 0 Å². The molecule has 0 aliphatic rings. The quantitative estimate of drug-likeness (QED) is 0.642. The van der Waals surface area contributed by atoms with Crippen molar-refractivity contribution in [3.63, 3.8) is 0 Å². The third-order valence-electron chi connectivity index (χ3n) is 2.65. The number of nitrogens with one attached hydrogen (secondary N) is 3. The van der Waals surface area contributed by atoms with E-state index in [4.69, 9.17) is 4.74 Å². The van der Waals surface area contributed by atoms with Crippen molar-refractivity contribution in [1.82, 2.24) is 10.6 Å². The predicted octanol–water partition coefficient (Wildman–Crippen LogP) is 1.57. The summed E-state index contributed by atoms with van der Waals surface area (Å²) in [4.78, 5) is 11.1. The molecule has 1 aromatic rings. The fourth-order valence-electron chi connectivity index (χ4n) is 1.50. The van der Waals surface area contributed by atoms with Crippen molar-refractivity contribution in [2.45, 2.75) is 32.4 Å². The fraction of sp³-hybridized carbons (Fsp3) is 0.533. The van der Waals surface area contributed by atoms with Gasteiger partial charge in [-0.3, -0.25) is 0 Å². The highest BCUT2D eigenvalue weighted by Gasteiger charge is 2.12. The van der Waals surface area contributed by atoms with Crippen LogP contribution in [-0.2, 0) is 0 Å². The molecular formula is C15H25N3O3. The van der Waals surface area contributed by atoms with E-state index >= 15 is 0 Å². The number of β-amino-alcohol motifs (C(OH)–C–C–N with tert-alkyl or cyclic N) is 1. The number of amides is 2. The van der Waals surface area contributed by atoms with E-state index in [0.717, 1.165) is 0 Å². The van der Waals surface area contributed by atoms with Crippen molar-refractivity contribution in [3.05, 3.63) is 24.3 Å². The van der Waals surface area contributed by atoms with Crippen LogP contribution in [0.5, 0.6) is 5.75 Å². The molecule has 0 spiro atoms. The molecule has 6 nitrogen and oxygen atoms in total. The molecule has 1 unspecified atom stereocenters. The van der Waals surface area contributed by atoms with Crippen LogP contribution in [0.2, 0.25) is 0 Å². The van der Waals surface area contributed by atoms with Gasteiger partial charge in [0.25, 0.3) is 0 Å². The summed E-state index contributed by atoms with van der Waals surface area (Å²) in [5.74, 6) is 0.646. The summed E-state index contributed by atoms with van der Waals surface area (Å²) in [6, 6.07) is 6.70. The van der Waals surface area contributed by atoms with Crippen LogP contribution in [-0.4, -0.2) is 43.0 Å². The number of aliphatic hydroxyl groups excluding tert-OH is 1. The number of aliphatic hydroxyl groups is 1. The van der Waals surface area contributed by atoms with Crippen LogP contribution in [0.15, 0.2) is 24.3 Å². The Morgan fingerprint density at radius 2 is 1.90 bits per heavy atom. The molecule has 4 N–H and O–H groups in total. The topological polar surface area (TPSA) is 82.6 Å². The lowest BCUT2D eigenvalue weighted by atomic mass is 10.1. The lowest BCUT2D eigenvalue weighted by Gasteiger charge is -2.23. The Hall–Kier alpha value is -1.79. The van der Waals surface area contributed by atoms with Crippen molar-refractivity contribution in [2.24, 2.45) is 0 Å². The lowest BCUT2D eigenvalue weighted by molar-refractivity contribution is 0.100. The fourth-order valence-corrected chi connectivity index (χ4v) is 1.50. The normalized spacial score (nSPS) is 12.6. The number of hydrogen-bond donors (Lipinski definition) is 4. The molecule has 118 valence electrons. The van der Waals surface area contributed by atoms with E-state index in [2.05, 4.69) is 16.0 Å². The van der Waals surface area contributed by atoms with Crippen LogP contribution in [0.25, 0.3) is 0 Å². The van der Waals surface area contributed by atoms with Gasteiger partial charge >= 0.3 is 6.03 Å². The largest absolute Gasteiger partial charge is 0.491 e. The van der Waals surface area contributed by atoms with Crippen LogP contribution >= 0.6 is 0 Å². The Balaban J connectivity index is 2.37. The van der Waals surface area contributed by atoms with Crippen molar-refractivity contribution >= 4 is 11.7 Å². The van der Waals surface area contributed by atoms with E-state index < -0.39 is 6.10 Å². The van der Waals surface area contributed by atoms with E-state index in [9.17, 15) is 9.90 Å². The molecule has 0 heterocycles. The first-order chi connectivity index (χ1) is 9.80. The minimum absolute atomic E-state index is 0.0336. The van der Waals surface area contributed by atoms with Gasteiger partial charge in [0, 0.05) is 24.8 Å². The maximum atomic E-state index is 11.1. The lowest BCUT2D eigenvalue weighted by Crippen LogP contribution is -2.42. The Bertz CT molecular complexity index is 440. The number of carbonyl (C=O) groups excluding carboxylic acids is 1. The summed E-state index contributed by atoms with van der Waals surface area (Å²) in [6.07, 6.45) is -0.576. The van der Waals surface area contributed by atoms with Crippen LogP contribution in [0.4, 0.5) is 10.5 Å². The van der Waals surface area contributed by atoms with Gasteiger partial charge in [-0.2, -0.15) is 0 Å². The van der Waals surface area contributed by atoms with Crippen LogP contribution in [0, 0.1) is 0 Å². The van der Waals surface area contributed by atoms with Gasteiger partial charge in [0.05, 0.1) is 0 Å². The molecule has 1 aromatic carbocycles. The van der Waals surface area contributed by atoms with Gasteiger partial charge < -0.3 is 25.8 Å². The number of hydrogen-bond acceptors (Lipinski definition) is 4. The van der Waals surface area contributed by atoms with Gasteiger partial charge in [0.1, 0.15) is 18.5 Å². The first-order valence-electron chi connectivity index (χ1n) is 6.95. The first kappa shape index (κ1) is 17.3. The minimum Gasteiger partial charge on any atom is -0.491 e. The second-order valence-electron chi connectivity index (χ2n) is 5.82. The summed E-state index contributed by atoms with van der Waals surface area (Å²) >= 11 is 0. The number of rotatable bonds is 6. The maximum Gasteiger partial charge on any atom is 0.318 e. The number of ether oxygens (including phenoxy) is 1. The Labute approximate surface area is 125 Å². The average Bonchev–Trinajstić information content (AvgIpc) is 2.43. The molecule has 0 bridgehead atoms. The molecule has 0 saturated heterocycles. The van der Waals surface area contributed by atoms with Crippen molar-refractivity contribution in [2.75, 3.05) is 25.5 Å². The molecule has 2 amide bonds. The van der Waals surface area contributed by atoms with Crippen molar-refractivity contribution in [3.8, 4) is 5.75 Å². The Kier molecular flexibility index (Phi) is 6.45. The maximum absolute atomic E-state index is 11.1. The molecular weight excluding hydrogens is 270 g/mol. The third kappa shape index (κ3) is 7.53. The molecule has 0 saturated carbocycles. The van der Waals surface area contributed by atoms with Crippen LogP contribution < -0.4 is 20.7 Å². The Morgan fingerprint density at radius 1 is 1.29 bits per heavy atom. The van der Waals surface area contributed by atoms with E-state index in [1.54, 1.807) is 31.3 Å². The monoisotopic (exact) mass is 295 g/mol. The highest BCUT2D eigenvalue weighted by molar-refractivity contribution is 5.88. The summed E-state index contributed by atoms with van der Waals surface area (Å²) in [5, 5.41) is 18.2. The zero-order chi connectivity index (χ0) is 15.9. The molecule has 0 fully saturated rings. The van der Waals surface area contributed by atoms with Gasteiger partial charge in [-0.05, 0) is 45.0 Å². The summed E-state index contributed by atoms with van der Waals surface area (Å²) in [5.41, 5.74) is 0.644. The molecule has 0 aromatic heterocycles. The summed E-state index contributed by atoms with van der Waals surface area (Å²) in [7, 11) is 1.56. The predicted molar refractivity (Wildman–Crippen MR) is 83.8 cm³/mol. The molecule has 21 heavy (non-hydrogen) atoms. The highest BCUT2D eigenvalue weighted by Crippen LogP contribution is 2.15. The van der Waals surface area contributed by atoms with Gasteiger partial charge in [-0.1, -0.05) is 0 Å². The van der Waals surface area contributed by atoms with Crippen LogP contribution in [0.1, 0.15) is 20.8 Å². The van der Waals surface area contributed by atoms with Gasteiger partial charge in [0.2, 0.25) is 0 Å². The number of benzene rings is 1. The third-order valence-corrected chi connectivity index (χ3v) is 2.65. The zero-order valence-corrected chi connectivity index (χ0v) is 13.1. The van der Waals surface area contributed by atoms with E-state index in [-0.39, 0.29) is 18.2 Å². The van der Waals surface area contributed by atoms with Crippen molar-refractivity contribution in [1.29, 1.82) is 0 Å². The minimum atomic E-state index is -0.576. The zero-order valence-electron chi connectivity index (χ0n) is 13.1. The number of anilines is 1. The second kappa shape index (κ2) is 7.85. The molecule has 6 heteroatoms. The smallest absolute Gasteiger partial charge is 0.318 e. The first-order valence-corrected chi connectivity index (χ1v) is 6.95. The summed E-state index contributed by atoms with van der Waals surface area (Å²) < 4.78 is 5.50. The molecule has 0 aliphatic carbocycles. The summed E-state index contributed by atoms with van der Waals surface area (Å²) in [6.45, 7) is 6.81. The Morgan fingerprint density at radius 3 is 2.43 bits per heavy atom. The molecule has 1 rings (SSSR count). The number of carbonyl (C=O) groups is 1. The standard InChI is InChI=1S/C15H25N3O3/c1-15(2,3)17-9-12(19)10-21-13-7-5-11(6-8-13)18-14(20)16-4/h5-8,12,17,19H,9-10H2,1-4H3,(H2,16,18,20). The molecule has 1 atom stereocenters. The van der Waals surface area contributed by atoms with E-state index in [1.165, 1.54) is 0 Å². The van der Waals surface area contributed by atoms with E-state index in [0.29, 0.717) is 18.0 Å².